The lowest BCUT2D eigenvalue weighted by molar-refractivity contribution is -0.187. The van der Waals surface area contributed by atoms with Crippen molar-refractivity contribution in [2.45, 2.75) is 26.1 Å². The molecule has 1 fully saturated rings. The van der Waals surface area contributed by atoms with Crippen LogP contribution in [0.15, 0.2) is 18.3 Å². The van der Waals surface area contributed by atoms with E-state index in [0.717, 1.165) is 4.90 Å². The monoisotopic (exact) mass is 346 g/mol. The second-order valence-electron chi connectivity index (χ2n) is 5.82. The number of likely N-dealkylation sites (tertiary alicyclic amines) is 1. The molecule has 0 radical (unpaired) electrons. The molecule has 1 saturated heterocycles. The normalized spacial score (nSPS) is 21.2. The van der Waals surface area contributed by atoms with Gasteiger partial charge < -0.3 is 14.7 Å². The summed E-state index contributed by atoms with van der Waals surface area (Å²) in [5.41, 5.74) is -0.127. The molecule has 1 N–H and O–H groups in total. The predicted octanol–water partition coefficient (Wildman–Crippen LogP) is 2.20. The summed E-state index contributed by atoms with van der Waals surface area (Å²) in [6, 6.07) is 3.03. The first-order chi connectivity index (χ1) is 11.1. The van der Waals surface area contributed by atoms with Crippen LogP contribution < -0.4 is 4.74 Å². The Morgan fingerprint density at radius 3 is 2.54 bits per heavy atom. The van der Waals surface area contributed by atoms with Crippen molar-refractivity contribution in [1.82, 2.24) is 9.88 Å². The van der Waals surface area contributed by atoms with E-state index in [9.17, 15) is 22.8 Å². The maximum Gasteiger partial charge on any atom is 0.394 e. The van der Waals surface area contributed by atoms with Crippen molar-refractivity contribution in [3.8, 4) is 5.75 Å². The average molecular weight is 346 g/mol. The summed E-state index contributed by atoms with van der Waals surface area (Å²) in [7, 11) is 0. The first kappa shape index (κ1) is 18.0. The number of amides is 1. The number of alkyl halides is 3. The van der Waals surface area contributed by atoms with E-state index in [1.165, 1.54) is 18.3 Å². The SMILES string of the molecule is CC(C)Oc1cccnc1C(=O)N1C[C@@H](C(F)(F)F)[C@H](C(=O)O)C1. The van der Waals surface area contributed by atoms with Crippen LogP contribution in [-0.4, -0.2) is 52.2 Å². The molecule has 1 aliphatic heterocycles. The van der Waals surface area contributed by atoms with Crippen LogP contribution in [0.25, 0.3) is 0 Å². The molecule has 2 rings (SSSR count). The minimum atomic E-state index is -4.69. The van der Waals surface area contributed by atoms with Crippen molar-refractivity contribution in [2.75, 3.05) is 13.1 Å². The number of pyridine rings is 1. The Bertz CT molecular complexity index is 633. The number of halogens is 3. The lowest BCUT2D eigenvalue weighted by Gasteiger charge is -2.19. The van der Waals surface area contributed by atoms with Crippen molar-refractivity contribution < 1.29 is 32.6 Å². The molecule has 0 saturated carbocycles. The quantitative estimate of drug-likeness (QED) is 0.904. The zero-order chi connectivity index (χ0) is 18.1. The molecule has 24 heavy (non-hydrogen) atoms. The number of carboxylic acids is 1. The first-order valence-electron chi connectivity index (χ1n) is 7.31. The van der Waals surface area contributed by atoms with Gasteiger partial charge in [0.2, 0.25) is 0 Å². The highest BCUT2D eigenvalue weighted by atomic mass is 19.4. The van der Waals surface area contributed by atoms with Gasteiger partial charge in [0, 0.05) is 19.3 Å². The van der Waals surface area contributed by atoms with E-state index in [-0.39, 0.29) is 17.5 Å². The van der Waals surface area contributed by atoms with Crippen LogP contribution >= 0.6 is 0 Å². The summed E-state index contributed by atoms with van der Waals surface area (Å²) in [6.45, 7) is 2.24. The lowest BCUT2D eigenvalue weighted by atomic mass is 9.96. The van der Waals surface area contributed by atoms with Crippen LogP contribution in [0, 0.1) is 11.8 Å². The van der Waals surface area contributed by atoms with Gasteiger partial charge in [0.25, 0.3) is 5.91 Å². The van der Waals surface area contributed by atoms with Crippen molar-refractivity contribution in [1.29, 1.82) is 0 Å². The summed E-state index contributed by atoms with van der Waals surface area (Å²) < 4.78 is 44.5. The van der Waals surface area contributed by atoms with Gasteiger partial charge in [-0.1, -0.05) is 0 Å². The molecule has 0 spiro atoms. The summed E-state index contributed by atoms with van der Waals surface area (Å²) in [5.74, 6) is -5.99. The zero-order valence-corrected chi connectivity index (χ0v) is 13.1. The van der Waals surface area contributed by atoms with E-state index in [1.807, 2.05) is 0 Å². The molecule has 0 aromatic carbocycles. The van der Waals surface area contributed by atoms with Gasteiger partial charge in [-0.3, -0.25) is 9.59 Å². The fourth-order valence-electron chi connectivity index (χ4n) is 2.60. The van der Waals surface area contributed by atoms with Gasteiger partial charge in [0.05, 0.1) is 17.9 Å². The number of hydrogen-bond donors (Lipinski definition) is 1. The molecule has 1 aliphatic rings. The summed E-state index contributed by atoms with van der Waals surface area (Å²) in [6.07, 6.45) is -3.62. The molecule has 0 aliphatic carbocycles. The highest BCUT2D eigenvalue weighted by Gasteiger charge is 2.53. The van der Waals surface area contributed by atoms with Crippen LogP contribution in [0.1, 0.15) is 24.3 Å². The van der Waals surface area contributed by atoms with Crippen molar-refractivity contribution in [3.05, 3.63) is 24.0 Å². The molecular formula is C15H17F3N2O4. The van der Waals surface area contributed by atoms with Gasteiger partial charge in [-0.25, -0.2) is 4.98 Å². The Hall–Kier alpha value is -2.32. The van der Waals surface area contributed by atoms with Gasteiger partial charge in [-0.2, -0.15) is 13.2 Å². The van der Waals surface area contributed by atoms with E-state index in [4.69, 9.17) is 9.84 Å². The number of carbonyl (C=O) groups is 2. The number of carbonyl (C=O) groups excluding carboxylic acids is 1. The molecule has 2 atom stereocenters. The summed E-state index contributed by atoms with van der Waals surface area (Å²) in [4.78, 5) is 28.4. The molecule has 1 amide bonds. The maximum atomic E-state index is 13.0. The zero-order valence-electron chi connectivity index (χ0n) is 13.1. The molecule has 0 bridgehead atoms. The van der Waals surface area contributed by atoms with Crippen molar-refractivity contribution >= 4 is 11.9 Å². The third-order valence-electron chi connectivity index (χ3n) is 3.68. The van der Waals surface area contributed by atoms with Gasteiger partial charge in [0.15, 0.2) is 11.4 Å². The van der Waals surface area contributed by atoms with Crippen LogP contribution in [0.5, 0.6) is 5.75 Å². The lowest BCUT2D eigenvalue weighted by Crippen LogP contribution is -2.34. The number of rotatable bonds is 4. The maximum absolute atomic E-state index is 13.0. The molecular weight excluding hydrogens is 329 g/mol. The Morgan fingerprint density at radius 1 is 1.38 bits per heavy atom. The smallest absolute Gasteiger partial charge is 0.394 e. The summed E-state index contributed by atoms with van der Waals surface area (Å²) >= 11 is 0. The number of carboxylic acid groups (broad SMARTS) is 1. The molecule has 132 valence electrons. The average Bonchev–Trinajstić information content (AvgIpc) is 2.92. The number of nitrogens with zero attached hydrogens (tertiary/aromatic N) is 2. The molecule has 2 heterocycles. The van der Waals surface area contributed by atoms with Crippen LogP contribution in [0.3, 0.4) is 0 Å². The van der Waals surface area contributed by atoms with Gasteiger partial charge in [-0.15, -0.1) is 0 Å². The second kappa shape index (κ2) is 6.66. The second-order valence-corrected chi connectivity index (χ2v) is 5.82. The number of hydrogen-bond acceptors (Lipinski definition) is 4. The predicted molar refractivity (Wildman–Crippen MR) is 76.6 cm³/mol. The Kier molecular flexibility index (Phi) is 5.00. The largest absolute Gasteiger partial charge is 0.489 e. The van der Waals surface area contributed by atoms with Crippen molar-refractivity contribution in [2.24, 2.45) is 11.8 Å². The highest BCUT2D eigenvalue weighted by Crippen LogP contribution is 2.38. The third-order valence-corrected chi connectivity index (χ3v) is 3.68. The fraction of sp³-hybridized carbons (Fsp3) is 0.533. The summed E-state index contributed by atoms with van der Waals surface area (Å²) in [5, 5.41) is 9.01. The van der Waals surface area contributed by atoms with Crippen LogP contribution in [0.4, 0.5) is 13.2 Å². The Labute approximate surface area is 136 Å². The Balaban J connectivity index is 2.27. The fourth-order valence-corrected chi connectivity index (χ4v) is 2.60. The standard InChI is InChI=1S/C15H17F3N2O4/c1-8(2)24-11-4-3-5-19-12(11)13(21)20-6-9(14(22)23)10(7-20)15(16,17)18/h3-5,8-10H,6-7H2,1-2H3,(H,22,23)/t9-,10-/m1/s1. The minimum absolute atomic E-state index is 0.127. The number of aromatic nitrogens is 1. The highest BCUT2D eigenvalue weighted by molar-refractivity contribution is 5.95. The van der Waals surface area contributed by atoms with E-state index in [0.29, 0.717) is 0 Å². The van der Waals surface area contributed by atoms with Gasteiger partial charge in [-0.05, 0) is 26.0 Å². The third kappa shape index (κ3) is 3.77. The van der Waals surface area contributed by atoms with Gasteiger partial charge in [0.1, 0.15) is 0 Å². The molecule has 0 unspecified atom stereocenters. The number of aliphatic carboxylic acids is 1. The van der Waals surface area contributed by atoms with E-state index >= 15 is 0 Å². The van der Waals surface area contributed by atoms with Crippen molar-refractivity contribution in [3.63, 3.8) is 0 Å². The Morgan fingerprint density at radius 2 is 2.04 bits per heavy atom. The first-order valence-corrected chi connectivity index (χ1v) is 7.31. The minimum Gasteiger partial charge on any atom is -0.489 e. The topological polar surface area (TPSA) is 79.7 Å². The number of ether oxygens (including phenoxy) is 1. The molecule has 1 aromatic heterocycles. The van der Waals surface area contributed by atoms with Gasteiger partial charge >= 0.3 is 12.1 Å². The van der Waals surface area contributed by atoms with E-state index < -0.39 is 43.0 Å². The molecule has 1 aromatic rings. The van der Waals surface area contributed by atoms with E-state index in [1.54, 1.807) is 13.8 Å². The van der Waals surface area contributed by atoms with Crippen LogP contribution in [-0.2, 0) is 4.79 Å². The van der Waals surface area contributed by atoms with Crippen LogP contribution in [0.2, 0.25) is 0 Å². The van der Waals surface area contributed by atoms with E-state index in [2.05, 4.69) is 4.98 Å². The molecule has 9 heteroatoms. The molecule has 6 nitrogen and oxygen atoms in total.